The molecular weight excluding hydrogens is 130 g/mol. The maximum Gasteiger partial charge on any atom is 0.233 e. The van der Waals surface area contributed by atoms with Gasteiger partial charge in [0.05, 0.1) is 0 Å². The summed E-state index contributed by atoms with van der Waals surface area (Å²) in [5.41, 5.74) is 0.742. The highest BCUT2D eigenvalue weighted by molar-refractivity contribution is 5.75. The molecule has 1 radical (unpaired) electrons. The molecule has 49 valence electrons. The lowest BCUT2D eigenvalue weighted by Crippen LogP contribution is -1.75. The van der Waals surface area contributed by atoms with Crippen molar-refractivity contribution in [3.8, 4) is 0 Å². The van der Waals surface area contributed by atoms with E-state index < -0.39 is 0 Å². The van der Waals surface area contributed by atoms with Gasteiger partial charge >= 0.3 is 0 Å². The van der Waals surface area contributed by atoms with Gasteiger partial charge in [-0.15, -0.1) is 4.91 Å². The van der Waals surface area contributed by atoms with Crippen LogP contribution >= 0.6 is 0 Å². The van der Waals surface area contributed by atoms with Crippen LogP contribution in [-0.4, -0.2) is 6.29 Å². The molecule has 0 saturated carbocycles. The first-order valence-corrected chi connectivity index (χ1v) is 2.68. The van der Waals surface area contributed by atoms with Crippen molar-refractivity contribution in [2.45, 2.75) is 0 Å². The smallest absolute Gasteiger partial charge is 0.233 e. The first-order chi connectivity index (χ1) is 4.86. The van der Waals surface area contributed by atoms with Gasteiger partial charge in [-0.25, -0.2) is 0 Å². The first-order valence-electron chi connectivity index (χ1n) is 2.68. The Morgan fingerprint density at radius 1 is 1.20 bits per heavy atom. The van der Waals surface area contributed by atoms with Crippen molar-refractivity contribution in [1.29, 1.82) is 0 Å². The van der Waals surface area contributed by atoms with Gasteiger partial charge in [-0.1, -0.05) is 0 Å². The fourth-order valence-electron chi connectivity index (χ4n) is 0.590. The van der Waals surface area contributed by atoms with E-state index in [2.05, 4.69) is 5.18 Å². The van der Waals surface area contributed by atoms with E-state index in [1.165, 1.54) is 24.3 Å². The molecule has 0 aliphatic heterocycles. The lowest BCUT2D eigenvalue weighted by molar-refractivity contribution is 0.563. The maximum atomic E-state index is 9.97. The molecule has 1 aromatic carbocycles. The molecular formula is C7H4NO2. The molecule has 0 aromatic heterocycles. The summed E-state index contributed by atoms with van der Waals surface area (Å²) in [5, 5.41) is 2.67. The SMILES string of the molecule is O=[C]c1ccc(N=O)cc1. The minimum atomic E-state index is 0.319. The number of nitroso groups, excluding NO2 is 1. The van der Waals surface area contributed by atoms with Gasteiger partial charge in [0.25, 0.3) is 0 Å². The van der Waals surface area contributed by atoms with Gasteiger partial charge in [0, 0.05) is 5.56 Å². The van der Waals surface area contributed by atoms with E-state index in [0.29, 0.717) is 11.3 Å². The van der Waals surface area contributed by atoms with E-state index in [1.54, 1.807) is 6.29 Å². The second-order valence-corrected chi connectivity index (χ2v) is 1.74. The largest absolute Gasteiger partial charge is 0.285 e. The van der Waals surface area contributed by atoms with Crippen LogP contribution in [-0.2, 0) is 4.79 Å². The predicted molar refractivity (Wildman–Crippen MR) is 36.7 cm³/mol. The lowest BCUT2D eigenvalue weighted by atomic mass is 10.2. The topological polar surface area (TPSA) is 46.5 Å². The zero-order valence-corrected chi connectivity index (χ0v) is 5.07. The van der Waals surface area contributed by atoms with Gasteiger partial charge in [0.2, 0.25) is 6.29 Å². The molecule has 0 bridgehead atoms. The van der Waals surface area contributed by atoms with E-state index in [0.717, 1.165) is 0 Å². The quantitative estimate of drug-likeness (QED) is 0.576. The molecule has 0 fully saturated rings. The standard InChI is InChI=1S/C7H4NO2/c9-5-6-1-3-7(8-10)4-2-6/h1-4H. The van der Waals surface area contributed by atoms with Crippen LogP contribution in [0.25, 0.3) is 0 Å². The highest BCUT2D eigenvalue weighted by Crippen LogP contribution is 2.10. The Kier molecular flexibility index (Phi) is 1.89. The Hall–Kier alpha value is -1.51. The Balaban J connectivity index is 3.00. The van der Waals surface area contributed by atoms with Crippen LogP contribution in [0.4, 0.5) is 5.69 Å². The Morgan fingerprint density at radius 3 is 2.20 bits per heavy atom. The van der Waals surface area contributed by atoms with E-state index in [9.17, 15) is 9.70 Å². The van der Waals surface area contributed by atoms with Crippen LogP contribution in [0.3, 0.4) is 0 Å². The predicted octanol–water partition coefficient (Wildman–Crippen LogP) is 1.54. The summed E-state index contributed by atoms with van der Waals surface area (Å²) >= 11 is 0. The van der Waals surface area contributed by atoms with Crippen LogP contribution in [0.1, 0.15) is 5.56 Å². The Morgan fingerprint density at radius 2 is 1.80 bits per heavy atom. The van der Waals surface area contributed by atoms with Crippen molar-refractivity contribution >= 4 is 12.0 Å². The fraction of sp³-hybridized carbons (Fsp3) is 0. The van der Waals surface area contributed by atoms with Crippen molar-refractivity contribution in [3.05, 3.63) is 34.7 Å². The molecule has 0 heterocycles. The molecule has 1 aromatic rings. The van der Waals surface area contributed by atoms with E-state index >= 15 is 0 Å². The molecule has 0 atom stereocenters. The number of hydrogen-bond donors (Lipinski definition) is 0. The zero-order chi connectivity index (χ0) is 7.40. The van der Waals surface area contributed by atoms with E-state index in [1.807, 2.05) is 0 Å². The third-order valence-corrected chi connectivity index (χ3v) is 1.09. The summed E-state index contributed by atoms with van der Waals surface area (Å²) in [6.45, 7) is 0. The Labute approximate surface area is 57.7 Å². The van der Waals surface area contributed by atoms with E-state index in [4.69, 9.17) is 0 Å². The van der Waals surface area contributed by atoms with Crippen molar-refractivity contribution in [1.82, 2.24) is 0 Å². The molecule has 0 saturated heterocycles. The van der Waals surface area contributed by atoms with Gasteiger partial charge in [-0.05, 0) is 29.4 Å². The molecule has 0 unspecified atom stereocenters. The van der Waals surface area contributed by atoms with Crippen LogP contribution in [0.5, 0.6) is 0 Å². The second kappa shape index (κ2) is 2.87. The van der Waals surface area contributed by atoms with Crippen LogP contribution in [0.2, 0.25) is 0 Å². The highest BCUT2D eigenvalue weighted by atomic mass is 16.3. The van der Waals surface area contributed by atoms with Gasteiger partial charge in [-0.3, -0.25) is 4.79 Å². The first kappa shape index (κ1) is 6.61. The van der Waals surface area contributed by atoms with Crippen molar-refractivity contribution in [3.63, 3.8) is 0 Å². The summed E-state index contributed by atoms with van der Waals surface area (Å²) in [6.07, 6.45) is 1.68. The Bertz CT molecular complexity index is 213. The van der Waals surface area contributed by atoms with Crippen LogP contribution < -0.4 is 0 Å². The summed E-state index contributed by atoms with van der Waals surface area (Å²) < 4.78 is 0. The average Bonchev–Trinajstić information content (AvgIpc) is 2.05. The average molecular weight is 134 g/mol. The summed E-state index contributed by atoms with van der Waals surface area (Å²) in [5.74, 6) is 0. The van der Waals surface area contributed by atoms with Gasteiger partial charge in [-0.2, -0.15) is 0 Å². The monoisotopic (exact) mass is 134 g/mol. The summed E-state index contributed by atoms with van der Waals surface area (Å²) in [6, 6.07) is 5.91. The van der Waals surface area contributed by atoms with Crippen LogP contribution in [0.15, 0.2) is 29.4 Å². The minimum absolute atomic E-state index is 0.319. The molecule has 0 N–H and O–H groups in total. The van der Waals surface area contributed by atoms with Crippen molar-refractivity contribution in [2.24, 2.45) is 5.18 Å². The molecule has 0 aliphatic carbocycles. The molecule has 0 amide bonds. The zero-order valence-electron chi connectivity index (χ0n) is 5.07. The number of hydrogen-bond acceptors (Lipinski definition) is 3. The second-order valence-electron chi connectivity index (χ2n) is 1.74. The fourth-order valence-corrected chi connectivity index (χ4v) is 0.590. The number of nitrogens with zero attached hydrogens (tertiary/aromatic N) is 1. The van der Waals surface area contributed by atoms with Crippen molar-refractivity contribution in [2.75, 3.05) is 0 Å². The molecule has 3 nitrogen and oxygen atoms in total. The van der Waals surface area contributed by atoms with Gasteiger partial charge in [0.1, 0.15) is 5.69 Å². The minimum Gasteiger partial charge on any atom is -0.285 e. The summed E-state index contributed by atoms with van der Waals surface area (Å²) in [7, 11) is 0. The number of rotatable bonds is 2. The molecule has 0 spiro atoms. The van der Waals surface area contributed by atoms with E-state index in [-0.39, 0.29) is 0 Å². The lowest BCUT2D eigenvalue weighted by Gasteiger charge is -1.86. The van der Waals surface area contributed by atoms with Crippen LogP contribution in [0, 0.1) is 4.91 Å². The molecule has 3 heteroatoms. The van der Waals surface area contributed by atoms with Gasteiger partial charge in [0.15, 0.2) is 0 Å². The summed E-state index contributed by atoms with van der Waals surface area (Å²) in [4.78, 5) is 19.8. The highest BCUT2D eigenvalue weighted by Gasteiger charge is 1.90. The molecule has 0 aliphatic rings. The maximum absolute atomic E-state index is 9.97. The number of carbonyl (C=O) groups excluding carboxylic acids is 1. The third kappa shape index (κ3) is 1.25. The number of benzene rings is 1. The van der Waals surface area contributed by atoms with Crippen molar-refractivity contribution < 1.29 is 4.79 Å². The molecule has 1 rings (SSSR count). The normalized spacial score (nSPS) is 8.80. The third-order valence-electron chi connectivity index (χ3n) is 1.09. The molecule has 10 heavy (non-hydrogen) atoms. The van der Waals surface area contributed by atoms with Gasteiger partial charge < -0.3 is 0 Å².